The summed E-state index contributed by atoms with van der Waals surface area (Å²) >= 11 is 0. The molecule has 78 valence electrons. The summed E-state index contributed by atoms with van der Waals surface area (Å²) in [6, 6.07) is 4.08. The highest BCUT2D eigenvalue weighted by molar-refractivity contribution is 5.42. The third-order valence-corrected chi connectivity index (χ3v) is 2.10. The summed E-state index contributed by atoms with van der Waals surface area (Å²) in [6.45, 7) is 9.80. The molecule has 0 radical (unpaired) electrons. The predicted molar refractivity (Wildman–Crippen MR) is 61.5 cm³/mol. The van der Waals surface area contributed by atoms with Gasteiger partial charge in [-0.05, 0) is 30.9 Å². The smallest absolute Gasteiger partial charge is 0.0393 e. The fourth-order valence-electron chi connectivity index (χ4n) is 1.24. The fraction of sp³-hybridized carbons (Fsp3) is 0.583. The Kier molecular flexibility index (Phi) is 3.50. The monoisotopic (exact) mass is 192 g/mol. The molecule has 0 spiro atoms. The van der Waals surface area contributed by atoms with Gasteiger partial charge in [-0.25, -0.2) is 0 Å². The number of hydrogen-bond donors (Lipinski definition) is 1. The molecule has 0 bridgehead atoms. The second kappa shape index (κ2) is 4.45. The maximum absolute atomic E-state index is 4.16. The molecule has 1 heterocycles. The minimum Gasteiger partial charge on any atom is -0.385 e. The molecule has 0 atom stereocenters. The van der Waals surface area contributed by atoms with E-state index in [1.54, 1.807) is 0 Å². The summed E-state index contributed by atoms with van der Waals surface area (Å²) in [5.74, 6) is 0. The van der Waals surface area contributed by atoms with Crippen LogP contribution in [0.25, 0.3) is 0 Å². The van der Waals surface area contributed by atoms with Crippen LogP contribution in [0.5, 0.6) is 0 Å². The number of hydrogen-bond acceptors (Lipinski definition) is 2. The molecule has 0 aliphatic heterocycles. The first-order valence-corrected chi connectivity index (χ1v) is 5.14. The lowest BCUT2D eigenvalue weighted by molar-refractivity contribution is 0.390. The van der Waals surface area contributed by atoms with E-state index in [0.29, 0.717) is 5.41 Å². The van der Waals surface area contributed by atoms with Crippen molar-refractivity contribution in [2.75, 3.05) is 11.9 Å². The zero-order chi connectivity index (χ0) is 10.6. The molecule has 0 amide bonds. The summed E-state index contributed by atoms with van der Waals surface area (Å²) in [5, 5.41) is 3.40. The van der Waals surface area contributed by atoms with E-state index in [9.17, 15) is 0 Å². The molecular formula is C12H20N2. The molecule has 1 aromatic heterocycles. The molecule has 14 heavy (non-hydrogen) atoms. The van der Waals surface area contributed by atoms with Gasteiger partial charge in [0.05, 0.1) is 0 Å². The number of aromatic nitrogens is 1. The van der Waals surface area contributed by atoms with Crippen LogP contribution in [-0.2, 0) is 0 Å². The van der Waals surface area contributed by atoms with Gasteiger partial charge in [-0.3, -0.25) is 4.98 Å². The lowest BCUT2D eigenvalue weighted by Crippen LogP contribution is -2.12. The third kappa shape index (κ3) is 4.26. The molecule has 0 saturated carbocycles. The zero-order valence-corrected chi connectivity index (χ0v) is 9.59. The molecule has 2 nitrogen and oxygen atoms in total. The van der Waals surface area contributed by atoms with Crippen LogP contribution in [0.4, 0.5) is 5.69 Å². The minimum atomic E-state index is 0.398. The van der Waals surface area contributed by atoms with E-state index in [2.05, 4.69) is 37.1 Å². The van der Waals surface area contributed by atoms with Crippen molar-refractivity contribution < 1.29 is 0 Å². The quantitative estimate of drug-likeness (QED) is 0.795. The lowest BCUT2D eigenvalue weighted by atomic mass is 9.92. The van der Waals surface area contributed by atoms with Crippen molar-refractivity contribution in [2.24, 2.45) is 5.41 Å². The maximum atomic E-state index is 4.16. The van der Waals surface area contributed by atoms with E-state index < -0.39 is 0 Å². The molecule has 1 N–H and O–H groups in total. The highest BCUT2D eigenvalue weighted by Gasteiger charge is 2.08. The average Bonchev–Trinajstić information content (AvgIpc) is 2.01. The first kappa shape index (κ1) is 11.0. The highest BCUT2D eigenvalue weighted by atomic mass is 14.9. The van der Waals surface area contributed by atoms with Crippen LogP contribution in [0, 0.1) is 12.3 Å². The van der Waals surface area contributed by atoms with Crippen molar-refractivity contribution in [3.63, 3.8) is 0 Å². The molecule has 0 aliphatic carbocycles. The maximum Gasteiger partial charge on any atom is 0.0393 e. The summed E-state index contributed by atoms with van der Waals surface area (Å²) in [5.41, 5.74) is 2.63. The first-order valence-electron chi connectivity index (χ1n) is 5.14. The standard InChI is InChI=1S/C12H20N2/c1-10-9-11(5-7-13-10)14-8-6-12(2,3)4/h5,7,9H,6,8H2,1-4H3,(H,13,14). The SMILES string of the molecule is Cc1cc(NCCC(C)(C)C)ccn1. The van der Waals surface area contributed by atoms with Crippen LogP contribution >= 0.6 is 0 Å². The summed E-state index contributed by atoms with van der Waals surface area (Å²) in [7, 11) is 0. The van der Waals surface area contributed by atoms with Gasteiger partial charge in [0.15, 0.2) is 0 Å². The van der Waals surface area contributed by atoms with Crippen molar-refractivity contribution in [1.29, 1.82) is 0 Å². The number of aryl methyl sites for hydroxylation is 1. The van der Waals surface area contributed by atoms with E-state index in [0.717, 1.165) is 12.2 Å². The van der Waals surface area contributed by atoms with E-state index >= 15 is 0 Å². The number of pyridine rings is 1. The van der Waals surface area contributed by atoms with E-state index in [1.165, 1.54) is 12.1 Å². The van der Waals surface area contributed by atoms with Gasteiger partial charge in [0, 0.05) is 24.1 Å². The zero-order valence-electron chi connectivity index (χ0n) is 9.59. The summed E-state index contributed by atoms with van der Waals surface area (Å²) in [6.07, 6.45) is 3.02. The number of nitrogens with zero attached hydrogens (tertiary/aromatic N) is 1. The van der Waals surface area contributed by atoms with E-state index in [1.807, 2.05) is 19.2 Å². The van der Waals surface area contributed by atoms with E-state index in [4.69, 9.17) is 0 Å². The first-order chi connectivity index (χ1) is 6.47. The van der Waals surface area contributed by atoms with Gasteiger partial charge in [-0.1, -0.05) is 20.8 Å². The minimum absolute atomic E-state index is 0.398. The number of nitrogens with one attached hydrogen (secondary N) is 1. The van der Waals surface area contributed by atoms with Crippen LogP contribution in [0.3, 0.4) is 0 Å². The second-order valence-electron chi connectivity index (χ2n) is 4.92. The largest absolute Gasteiger partial charge is 0.385 e. The van der Waals surface area contributed by atoms with Gasteiger partial charge in [0.1, 0.15) is 0 Å². The van der Waals surface area contributed by atoms with Gasteiger partial charge < -0.3 is 5.32 Å². The van der Waals surface area contributed by atoms with Crippen LogP contribution in [0.2, 0.25) is 0 Å². The summed E-state index contributed by atoms with van der Waals surface area (Å²) < 4.78 is 0. The van der Waals surface area contributed by atoms with E-state index in [-0.39, 0.29) is 0 Å². The van der Waals surface area contributed by atoms with Crippen LogP contribution in [0.15, 0.2) is 18.3 Å². The molecule has 0 unspecified atom stereocenters. The molecule has 0 saturated heterocycles. The van der Waals surface area contributed by atoms with Gasteiger partial charge >= 0.3 is 0 Å². The second-order valence-corrected chi connectivity index (χ2v) is 4.92. The van der Waals surface area contributed by atoms with Crippen molar-refractivity contribution in [3.8, 4) is 0 Å². The third-order valence-electron chi connectivity index (χ3n) is 2.10. The fourth-order valence-corrected chi connectivity index (χ4v) is 1.24. The molecule has 1 rings (SSSR count). The van der Waals surface area contributed by atoms with Crippen LogP contribution in [0.1, 0.15) is 32.9 Å². The average molecular weight is 192 g/mol. The van der Waals surface area contributed by atoms with Gasteiger partial charge in [-0.2, -0.15) is 0 Å². The van der Waals surface area contributed by atoms with Crippen molar-refractivity contribution in [3.05, 3.63) is 24.0 Å². The van der Waals surface area contributed by atoms with Gasteiger partial charge in [-0.15, -0.1) is 0 Å². The molecule has 2 heteroatoms. The Morgan fingerprint density at radius 3 is 2.64 bits per heavy atom. The predicted octanol–water partition coefficient (Wildman–Crippen LogP) is 3.24. The van der Waals surface area contributed by atoms with Gasteiger partial charge in [0.2, 0.25) is 0 Å². The Hall–Kier alpha value is -1.05. The molecule has 1 aromatic rings. The topological polar surface area (TPSA) is 24.9 Å². The normalized spacial score (nSPS) is 11.4. The summed E-state index contributed by atoms with van der Waals surface area (Å²) in [4.78, 5) is 4.16. The Morgan fingerprint density at radius 2 is 2.07 bits per heavy atom. The van der Waals surface area contributed by atoms with Crippen molar-refractivity contribution >= 4 is 5.69 Å². The lowest BCUT2D eigenvalue weighted by Gasteiger charge is -2.18. The molecule has 0 aromatic carbocycles. The molecule has 0 aliphatic rings. The Balaban J connectivity index is 2.39. The van der Waals surface area contributed by atoms with Gasteiger partial charge in [0.25, 0.3) is 0 Å². The Morgan fingerprint density at radius 1 is 1.36 bits per heavy atom. The van der Waals surface area contributed by atoms with Crippen molar-refractivity contribution in [2.45, 2.75) is 34.1 Å². The molecular weight excluding hydrogens is 172 g/mol. The van der Waals surface area contributed by atoms with Crippen LogP contribution < -0.4 is 5.32 Å². The Labute approximate surface area is 86.8 Å². The number of rotatable bonds is 3. The number of anilines is 1. The highest BCUT2D eigenvalue weighted by Crippen LogP contribution is 2.18. The Bertz CT molecular complexity index is 287. The van der Waals surface area contributed by atoms with Crippen molar-refractivity contribution in [1.82, 2.24) is 4.98 Å². The van der Waals surface area contributed by atoms with Crippen LogP contribution in [-0.4, -0.2) is 11.5 Å². The molecule has 0 fully saturated rings.